The van der Waals surface area contributed by atoms with Crippen LogP contribution in [0.25, 0.3) is 5.82 Å². The van der Waals surface area contributed by atoms with Crippen molar-refractivity contribution in [1.29, 1.82) is 0 Å². The van der Waals surface area contributed by atoms with Crippen molar-refractivity contribution in [2.75, 3.05) is 24.2 Å². The Labute approximate surface area is 110 Å². The molecule has 0 amide bonds. The van der Waals surface area contributed by atoms with Gasteiger partial charge in [-0.3, -0.25) is 4.57 Å². The van der Waals surface area contributed by atoms with Crippen LogP contribution >= 0.6 is 0 Å². The van der Waals surface area contributed by atoms with Crippen molar-refractivity contribution in [3.63, 3.8) is 0 Å². The second-order valence-corrected chi connectivity index (χ2v) is 4.45. The minimum Gasteiger partial charge on any atom is -0.393 e. The van der Waals surface area contributed by atoms with E-state index in [4.69, 9.17) is 10.5 Å². The summed E-state index contributed by atoms with van der Waals surface area (Å²) in [5, 5.41) is 3.22. The molecular formula is C12H16N6O. The minimum absolute atomic E-state index is 0.242. The molecule has 3 N–H and O–H groups in total. The fourth-order valence-electron chi connectivity index (χ4n) is 2.13. The molecule has 0 aromatic carbocycles. The Morgan fingerprint density at radius 2 is 2.42 bits per heavy atom. The number of ether oxygens (including phenoxy) is 1. The van der Waals surface area contributed by atoms with Crippen molar-refractivity contribution in [2.24, 2.45) is 0 Å². The van der Waals surface area contributed by atoms with Crippen molar-refractivity contribution < 1.29 is 4.74 Å². The van der Waals surface area contributed by atoms with E-state index in [1.165, 1.54) is 6.33 Å². The van der Waals surface area contributed by atoms with Gasteiger partial charge in [0, 0.05) is 25.5 Å². The average molecular weight is 260 g/mol. The number of nitrogens with one attached hydrogen (secondary N) is 1. The number of nitrogens with two attached hydrogens (primary N) is 1. The summed E-state index contributed by atoms with van der Waals surface area (Å²) in [5.74, 6) is 1.26. The molecule has 7 nitrogen and oxygen atoms in total. The Hall–Kier alpha value is -2.15. The fraction of sp³-hybridized carbons (Fsp3) is 0.417. The van der Waals surface area contributed by atoms with Gasteiger partial charge in [-0.05, 0) is 12.8 Å². The zero-order valence-corrected chi connectivity index (χ0v) is 10.5. The van der Waals surface area contributed by atoms with E-state index in [1.54, 1.807) is 23.3 Å². The van der Waals surface area contributed by atoms with E-state index in [0.29, 0.717) is 23.9 Å². The summed E-state index contributed by atoms with van der Waals surface area (Å²) in [7, 11) is 0. The molecule has 2 aromatic rings. The molecule has 100 valence electrons. The van der Waals surface area contributed by atoms with E-state index in [2.05, 4.69) is 20.3 Å². The summed E-state index contributed by atoms with van der Waals surface area (Å²) < 4.78 is 7.31. The summed E-state index contributed by atoms with van der Waals surface area (Å²) in [4.78, 5) is 12.3. The first-order valence-electron chi connectivity index (χ1n) is 6.29. The van der Waals surface area contributed by atoms with Gasteiger partial charge < -0.3 is 15.8 Å². The SMILES string of the molecule is Nc1c(NCC2CCCO2)ncnc1-n1ccnc1. The quantitative estimate of drug-likeness (QED) is 0.846. The largest absolute Gasteiger partial charge is 0.393 e. The number of hydrogen-bond donors (Lipinski definition) is 2. The maximum absolute atomic E-state index is 6.08. The molecule has 1 aliphatic heterocycles. The predicted molar refractivity (Wildman–Crippen MR) is 71.0 cm³/mol. The third-order valence-corrected chi connectivity index (χ3v) is 3.13. The van der Waals surface area contributed by atoms with Gasteiger partial charge in [0.25, 0.3) is 0 Å². The molecule has 1 saturated heterocycles. The highest BCUT2D eigenvalue weighted by atomic mass is 16.5. The molecule has 0 bridgehead atoms. The minimum atomic E-state index is 0.242. The Balaban J connectivity index is 1.76. The van der Waals surface area contributed by atoms with Gasteiger partial charge in [0.05, 0.1) is 6.10 Å². The molecule has 0 radical (unpaired) electrons. The summed E-state index contributed by atoms with van der Waals surface area (Å²) in [6.07, 6.45) is 9.06. The standard InChI is InChI=1S/C12H16N6O/c13-10-11(15-6-9-2-1-5-19-9)16-7-17-12(10)18-4-3-14-8-18/h3-4,7-9H,1-2,5-6,13H2,(H,15,16,17). The lowest BCUT2D eigenvalue weighted by atomic mass is 10.2. The molecule has 3 heterocycles. The van der Waals surface area contributed by atoms with Gasteiger partial charge in [0.15, 0.2) is 11.6 Å². The van der Waals surface area contributed by atoms with Crippen molar-refractivity contribution in [1.82, 2.24) is 19.5 Å². The van der Waals surface area contributed by atoms with E-state index < -0.39 is 0 Å². The molecule has 0 spiro atoms. The maximum Gasteiger partial charge on any atom is 0.166 e. The van der Waals surface area contributed by atoms with E-state index in [0.717, 1.165) is 19.4 Å². The van der Waals surface area contributed by atoms with Gasteiger partial charge in [0.1, 0.15) is 18.3 Å². The Bertz CT molecular complexity index is 535. The number of aromatic nitrogens is 4. The molecule has 1 unspecified atom stereocenters. The highest BCUT2D eigenvalue weighted by Gasteiger charge is 2.16. The van der Waals surface area contributed by atoms with Gasteiger partial charge in [-0.2, -0.15) is 0 Å². The van der Waals surface area contributed by atoms with Crippen molar-refractivity contribution in [3.8, 4) is 5.82 Å². The first kappa shape index (κ1) is 11.9. The van der Waals surface area contributed by atoms with E-state index in [1.807, 2.05) is 0 Å². The fourth-order valence-corrected chi connectivity index (χ4v) is 2.13. The van der Waals surface area contributed by atoms with Crippen LogP contribution < -0.4 is 11.1 Å². The molecular weight excluding hydrogens is 244 g/mol. The normalized spacial score (nSPS) is 18.6. The van der Waals surface area contributed by atoms with Crippen molar-refractivity contribution >= 4 is 11.5 Å². The van der Waals surface area contributed by atoms with Crippen molar-refractivity contribution in [3.05, 3.63) is 25.0 Å². The Kier molecular flexibility index (Phi) is 3.28. The number of nitrogen functional groups attached to an aromatic ring is 1. The average Bonchev–Trinajstić information content (AvgIpc) is 3.11. The number of hydrogen-bond acceptors (Lipinski definition) is 6. The highest BCUT2D eigenvalue weighted by molar-refractivity contribution is 5.69. The van der Waals surface area contributed by atoms with Gasteiger partial charge in [-0.25, -0.2) is 15.0 Å². The topological polar surface area (TPSA) is 90.9 Å². The zero-order valence-electron chi connectivity index (χ0n) is 10.5. The zero-order chi connectivity index (χ0) is 13.1. The number of anilines is 2. The van der Waals surface area contributed by atoms with Crippen LogP contribution in [0.4, 0.5) is 11.5 Å². The first-order chi connectivity index (χ1) is 9.34. The number of nitrogens with zero attached hydrogens (tertiary/aromatic N) is 4. The van der Waals surface area contributed by atoms with E-state index >= 15 is 0 Å². The first-order valence-corrected chi connectivity index (χ1v) is 6.29. The van der Waals surface area contributed by atoms with Gasteiger partial charge in [0.2, 0.25) is 0 Å². The molecule has 3 rings (SSSR count). The smallest absolute Gasteiger partial charge is 0.166 e. The molecule has 1 fully saturated rings. The number of imidazole rings is 1. The van der Waals surface area contributed by atoms with Gasteiger partial charge in [-0.1, -0.05) is 0 Å². The second kappa shape index (κ2) is 5.23. The van der Waals surface area contributed by atoms with Gasteiger partial charge >= 0.3 is 0 Å². The lowest BCUT2D eigenvalue weighted by Crippen LogP contribution is -2.20. The second-order valence-electron chi connectivity index (χ2n) is 4.45. The van der Waals surface area contributed by atoms with Crippen LogP contribution in [-0.4, -0.2) is 38.8 Å². The van der Waals surface area contributed by atoms with Crippen LogP contribution in [0.5, 0.6) is 0 Å². The number of rotatable bonds is 4. The monoisotopic (exact) mass is 260 g/mol. The Morgan fingerprint density at radius 3 is 3.16 bits per heavy atom. The van der Waals surface area contributed by atoms with Gasteiger partial charge in [-0.15, -0.1) is 0 Å². The Morgan fingerprint density at radius 1 is 1.47 bits per heavy atom. The molecule has 1 atom stereocenters. The molecule has 2 aromatic heterocycles. The lowest BCUT2D eigenvalue weighted by molar-refractivity contribution is 0.120. The summed E-state index contributed by atoms with van der Waals surface area (Å²) in [5.41, 5.74) is 6.59. The highest BCUT2D eigenvalue weighted by Crippen LogP contribution is 2.22. The van der Waals surface area contributed by atoms with Crippen LogP contribution in [0.1, 0.15) is 12.8 Å². The molecule has 7 heteroatoms. The van der Waals surface area contributed by atoms with Crippen molar-refractivity contribution in [2.45, 2.75) is 18.9 Å². The van der Waals surface area contributed by atoms with Crippen LogP contribution in [0.15, 0.2) is 25.0 Å². The van der Waals surface area contributed by atoms with Crippen LogP contribution in [0.2, 0.25) is 0 Å². The predicted octanol–water partition coefficient (Wildman–Crippen LogP) is 0.835. The van der Waals surface area contributed by atoms with Crippen LogP contribution in [-0.2, 0) is 4.74 Å². The molecule has 1 aliphatic rings. The van der Waals surface area contributed by atoms with Crippen LogP contribution in [0, 0.1) is 0 Å². The summed E-state index contributed by atoms with van der Waals surface area (Å²) in [6, 6.07) is 0. The summed E-state index contributed by atoms with van der Waals surface area (Å²) >= 11 is 0. The third-order valence-electron chi connectivity index (χ3n) is 3.13. The maximum atomic E-state index is 6.08. The summed E-state index contributed by atoms with van der Waals surface area (Å²) in [6.45, 7) is 1.55. The molecule has 0 aliphatic carbocycles. The molecule has 0 saturated carbocycles. The lowest BCUT2D eigenvalue weighted by Gasteiger charge is -2.14. The van der Waals surface area contributed by atoms with E-state index in [9.17, 15) is 0 Å². The molecule has 19 heavy (non-hydrogen) atoms. The van der Waals surface area contributed by atoms with E-state index in [-0.39, 0.29) is 6.10 Å². The third kappa shape index (κ3) is 2.50. The van der Waals surface area contributed by atoms with Crippen LogP contribution in [0.3, 0.4) is 0 Å².